The molecular weight excluding hydrogens is 364 g/mol. The third-order valence-corrected chi connectivity index (χ3v) is 5.11. The lowest BCUT2D eigenvalue weighted by atomic mass is 10.1. The maximum atomic E-state index is 5.57. The molecule has 164 valence electrons. The fourth-order valence-corrected chi connectivity index (χ4v) is 3.35. The van der Waals surface area contributed by atoms with E-state index in [1.807, 2.05) is 0 Å². The van der Waals surface area contributed by atoms with Gasteiger partial charge >= 0.3 is 0 Å². The minimum Gasteiger partial charge on any atom is -0.379 e. The molecule has 1 heterocycles. The van der Waals surface area contributed by atoms with Crippen LogP contribution in [0.1, 0.15) is 50.2 Å². The number of aliphatic imine (C=N–C) groups is 1. The first-order chi connectivity index (χ1) is 14.3. The van der Waals surface area contributed by atoms with Crippen LogP contribution in [0.4, 0.5) is 0 Å². The smallest absolute Gasteiger partial charge is 0.191 e. The van der Waals surface area contributed by atoms with E-state index in [2.05, 4.69) is 51.7 Å². The van der Waals surface area contributed by atoms with Gasteiger partial charge in [-0.1, -0.05) is 44.0 Å². The molecule has 1 aromatic carbocycles. The molecule has 1 saturated heterocycles. The molecule has 6 heteroatoms. The third kappa shape index (κ3) is 10.6. The molecule has 0 amide bonds. The predicted octanol–water partition coefficient (Wildman–Crippen LogP) is 3.17. The largest absolute Gasteiger partial charge is 0.379 e. The van der Waals surface area contributed by atoms with Gasteiger partial charge in [0.1, 0.15) is 0 Å². The zero-order valence-corrected chi connectivity index (χ0v) is 18.4. The van der Waals surface area contributed by atoms with Crippen LogP contribution in [0.5, 0.6) is 0 Å². The van der Waals surface area contributed by atoms with Crippen molar-refractivity contribution in [1.82, 2.24) is 15.5 Å². The van der Waals surface area contributed by atoms with Gasteiger partial charge in [0.05, 0.1) is 19.8 Å². The van der Waals surface area contributed by atoms with E-state index in [1.54, 1.807) is 7.05 Å². The van der Waals surface area contributed by atoms with E-state index in [4.69, 9.17) is 9.47 Å². The Morgan fingerprint density at radius 3 is 2.31 bits per heavy atom. The molecule has 0 atom stereocenters. The van der Waals surface area contributed by atoms with E-state index in [0.717, 1.165) is 38.6 Å². The molecule has 2 N–H and O–H groups in total. The summed E-state index contributed by atoms with van der Waals surface area (Å²) in [7, 11) is 1.79. The van der Waals surface area contributed by atoms with E-state index in [0.29, 0.717) is 19.8 Å². The van der Waals surface area contributed by atoms with Crippen molar-refractivity contribution in [3.8, 4) is 0 Å². The number of likely N-dealkylation sites (tertiary alicyclic amines) is 1. The second kappa shape index (κ2) is 15.2. The Labute approximate surface area is 177 Å². The fourth-order valence-electron chi connectivity index (χ4n) is 3.35. The SMILES string of the molecule is CCCCOCCOCCNC(=NC)NCc1ccc(CN2CCCCC2)cc1. The first-order valence-corrected chi connectivity index (χ1v) is 11.2. The number of unbranched alkanes of at least 4 members (excludes halogenated alkanes) is 1. The highest BCUT2D eigenvalue weighted by atomic mass is 16.5. The molecule has 0 spiro atoms. The minimum atomic E-state index is 0.640. The van der Waals surface area contributed by atoms with Gasteiger partial charge in [0.25, 0.3) is 0 Å². The minimum absolute atomic E-state index is 0.640. The van der Waals surface area contributed by atoms with Gasteiger partial charge in [-0.25, -0.2) is 0 Å². The first-order valence-electron chi connectivity index (χ1n) is 11.2. The van der Waals surface area contributed by atoms with Gasteiger partial charge in [0.2, 0.25) is 0 Å². The Balaban J connectivity index is 1.56. The number of piperidine rings is 1. The van der Waals surface area contributed by atoms with E-state index in [1.165, 1.54) is 49.9 Å². The van der Waals surface area contributed by atoms with Crippen molar-refractivity contribution < 1.29 is 9.47 Å². The van der Waals surface area contributed by atoms with Crippen molar-refractivity contribution in [2.24, 2.45) is 4.99 Å². The highest BCUT2D eigenvalue weighted by Crippen LogP contribution is 2.13. The summed E-state index contributed by atoms with van der Waals surface area (Å²) in [5.74, 6) is 0.796. The summed E-state index contributed by atoms with van der Waals surface area (Å²) in [5.41, 5.74) is 2.66. The Morgan fingerprint density at radius 1 is 0.931 bits per heavy atom. The second-order valence-electron chi connectivity index (χ2n) is 7.58. The van der Waals surface area contributed by atoms with Crippen LogP contribution in [0.25, 0.3) is 0 Å². The quantitative estimate of drug-likeness (QED) is 0.300. The number of ether oxygens (including phenoxy) is 2. The standard InChI is InChI=1S/C23H40N4O2/c1-3-4-15-28-17-18-29-16-12-25-23(24-2)26-19-21-8-10-22(11-9-21)20-27-13-6-5-7-14-27/h8-11H,3-7,12-20H2,1-2H3,(H2,24,25,26). The maximum Gasteiger partial charge on any atom is 0.191 e. The molecule has 1 fully saturated rings. The summed E-state index contributed by atoms with van der Waals surface area (Å²) in [6.07, 6.45) is 6.35. The van der Waals surface area contributed by atoms with Crippen LogP contribution in [0.2, 0.25) is 0 Å². The van der Waals surface area contributed by atoms with Crippen LogP contribution in [0, 0.1) is 0 Å². The number of nitrogens with zero attached hydrogens (tertiary/aromatic N) is 2. The number of hydrogen-bond donors (Lipinski definition) is 2. The molecular formula is C23H40N4O2. The average Bonchev–Trinajstić information content (AvgIpc) is 2.76. The van der Waals surface area contributed by atoms with Gasteiger partial charge in [0, 0.05) is 33.3 Å². The van der Waals surface area contributed by atoms with E-state index in [9.17, 15) is 0 Å². The predicted molar refractivity (Wildman–Crippen MR) is 120 cm³/mol. The average molecular weight is 405 g/mol. The summed E-state index contributed by atoms with van der Waals surface area (Å²) in [5, 5.41) is 6.64. The van der Waals surface area contributed by atoms with Crippen LogP contribution >= 0.6 is 0 Å². The highest BCUT2D eigenvalue weighted by Gasteiger charge is 2.10. The fraction of sp³-hybridized carbons (Fsp3) is 0.696. The Kier molecular flexibility index (Phi) is 12.4. The number of nitrogens with one attached hydrogen (secondary N) is 2. The van der Waals surface area contributed by atoms with Crippen LogP contribution in [0.3, 0.4) is 0 Å². The van der Waals surface area contributed by atoms with Crippen molar-refractivity contribution in [2.75, 3.05) is 53.1 Å². The summed E-state index contributed by atoms with van der Waals surface area (Å²) >= 11 is 0. The Morgan fingerprint density at radius 2 is 1.62 bits per heavy atom. The maximum absolute atomic E-state index is 5.57. The topological polar surface area (TPSA) is 58.1 Å². The highest BCUT2D eigenvalue weighted by molar-refractivity contribution is 5.79. The molecule has 0 radical (unpaired) electrons. The zero-order chi connectivity index (χ0) is 20.6. The first kappa shape index (κ1) is 23.6. The number of rotatable bonds is 13. The van der Waals surface area contributed by atoms with Gasteiger partial charge in [0.15, 0.2) is 5.96 Å². The molecule has 0 aromatic heterocycles. The summed E-state index contributed by atoms with van der Waals surface area (Å²) in [6, 6.07) is 8.92. The monoisotopic (exact) mass is 404 g/mol. The van der Waals surface area contributed by atoms with Crippen molar-refractivity contribution in [2.45, 2.75) is 52.1 Å². The van der Waals surface area contributed by atoms with Crippen molar-refractivity contribution in [3.63, 3.8) is 0 Å². The molecule has 0 bridgehead atoms. The lowest BCUT2D eigenvalue weighted by Crippen LogP contribution is -2.38. The van der Waals surface area contributed by atoms with Crippen LogP contribution < -0.4 is 10.6 Å². The molecule has 0 unspecified atom stereocenters. The molecule has 1 aliphatic heterocycles. The molecule has 1 aromatic rings. The van der Waals surface area contributed by atoms with Crippen LogP contribution in [-0.4, -0.2) is 64.0 Å². The summed E-state index contributed by atoms with van der Waals surface area (Å²) < 4.78 is 11.0. The van der Waals surface area contributed by atoms with Gasteiger partial charge in [-0.05, 0) is 43.5 Å². The Hall–Kier alpha value is -1.63. The molecule has 0 aliphatic carbocycles. The Bertz CT molecular complexity index is 557. The zero-order valence-electron chi connectivity index (χ0n) is 18.4. The lowest BCUT2D eigenvalue weighted by Gasteiger charge is -2.26. The van der Waals surface area contributed by atoms with Gasteiger partial charge in [-0.3, -0.25) is 9.89 Å². The summed E-state index contributed by atoms with van der Waals surface area (Å²) in [6.45, 7) is 9.97. The van der Waals surface area contributed by atoms with Crippen molar-refractivity contribution >= 4 is 5.96 Å². The van der Waals surface area contributed by atoms with Crippen molar-refractivity contribution in [3.05, 3.63) is 35.4 Å². The van der Waals surface area contributed by atoms with Crippen LogP contribution in [0.15, 0.2) is 29.3 Å². The van der Waals surface area contributed by atoms with E-state index in [-0.39, 0.29) is 0 Å². The molecule has 2 rings (SSSR count). The number of hydrogen-bond acceptors (Lipinski definition) is 4. The van der Waals surface area contributed by atoms with Gasteiger partial charge in [-0.2, -0.15) is 0 Å². The summed E-state index contributed by atoms with van der Waals surface area (Å²) in [4.78, 5) is 6.83. The van der Waals surface area contributed by atoms with Crippen LogP contribution in [-0.2, 0) is 22.6 Å². The normalized spacial score (nSPS) is 15.4. The number of benzene rings is 1. The second-order valence-corrected chi connectivity index (χ2v) is 7.58. The van der Waals surface area contributed by atoms with Gasteiger partial charge < -0.3 is 20.1 Å². The molecule has 1 aliphatic rings. The molecule has 6 nitrogen and oxygen atoms in total. The number of guanidine groups is 1. The van der Waals surface area contributed by atoms with Gasteiger partial charge in [-0.15, -0.1) is 0 Å². The molecule has 0 saturated carbocycles. The lowest BCUT2D eigenvalue weighted by molar-refractivity contribution is 0.0487. The third-order valence-electron chi connectivity index (χ3n) is 5.11. The van der Waals surface area contributed by atoms with E-state index < -0.39 is 0 Å². The van der Waals surface area contributed by atoms with Crippen molar-refractivity contribution in [1.29, 1.82) is 0 Å². The van der Waals surface area contributed by atoms with E-state index >= 15 is 0 Å². The molecule has 29 heavy (non-hydrogen) atoms.